The zero-order chi connectivity index (χ0) is 13.4. The van der Waals surface area contributed by atoms with Crippen LogP contribution >= 0.6 is 22.7 Å². The van der Waals surface area contributed by atoms with E-state index >= 15 is 0 Å². The van der Waals surface area contributed by atoms with Gasteiger partial charge in [-0.15, -0.1) is 22.7 Å². The molecule has 4 nitrogen and oxygen atoms in total. The molecular formula is C13H14N3OS2+. The van der Waals surface area contributed by atoms with Crippen molar-refractivity contribution in [2.45, 2.75) is 13.0 Å². The van der Waals surface area contributed by atoms with Crippen LogP contribution in [0.15, 0.2) is 27.7 Å². The molecule has 3 aromatic rings. The van der Waals surface area contributed by atoms with E-state index in [-0.39, 0.29) is 11.6 Å². The molecule has 3 aromatic heterocycles. The molecule has 98 valence electrons. The summed E-state index contributed by atoms with van der Waals surface area (Å²) in [5.74, 6) is 0.736. The Balaban J connectivity index is 2.23. The number of hydrogen-bond donors (Lipinski definition) is 2. The van der Waals surface area contributed by atoms with Gasteiger partial charge in [0.25, 0.3) is 5.56 Å². The maximum atomic E-state index is 12.3. The molecule has 0 saturated heterocycles. The molecule has 0 radical (unpaired) electrons. The van der Waals surface area contributed by atoms with Gasteiger partial charge in [-0.05, 0) is 18.4 Å². The number of H-pyrrole nitrogens is 1. The summed E-state index contributed by atoms with van der Waals surface area (Å²) in [5, 5.41) is 6.77. The summed E-state index contributed by atoms with van der Waals surface area (Å²) in [4.78, 5) is 21.7. The van der Waals surface area contributed by atoms with Gasteiger partial charge >= 0.3 is 0 Å². The van der Waals surface area contributed by atoms with E-state index in [1.165, 1.54) is 11.3 Å². The van der Waals surface area contributed by atoms with Gasteiger partial charge in [-0.3, -0.25) is 4.79 Å². The van der Waals surface area contributed by atoms with Crippen LogP contribution in [0.4, 0.5) is 0 Å². The van der Waals surface area contributed by atoms with Crippen LogP contribution in [-0.4, -0.2) is 17.0 Å². The van der Waals surface area contributed by atoms with Crippen LogP contribution in [0, 0.1) is 0 Å². The summed E-state index contributed by atoms with van der Waals surface area (Å²) in [6, 6.07) is 4.18. The summed E-state index contributed by atoms with van der Waals surface area (Å²) in [6.45, 7) is 2.03. The number of hydrogen-bond acceptors (Lipinski definition) is 4. The van der Waals surface area contributed by atoms with E-state index in [1.807, 2.05) is 42.2 Å². The number of aromatic amines is 1. The third kappa shape index (κ3) is 2.11. The lowest BCUT2D eigenvalue weighted by Crippen LogP contribution is -2.80. The minimum absolute atomic E-state index is 0.0432. The smallest absolute Gasteiger partial charge is 0.260 e. The van der Waals surface area contributed by atoms with Crippen molar-refractivity contribution in [3.63, 3.8) is 0 Å². The number of aromatic nitrogens is 2. The molecule has 1 atom stereocenters. The molecule has 19 heavy (non-hydrogen) atoms. The zero-order valence-electron chi connectivity index (χ0n) is 10.6. The third-order valence-corrected chi connectivity index (χ3v) is 4.96. The lowest BCUT2D eigenvalue weighted by atomic mass is 10.2. The Hall–Kier alpha value is -1.50. The maximum Gasteiger partial charge on any atom is 0.260 e. The van der Waals surface area contributed by atoms with Gasteiger partial charge in [0.15, 0.2) is 5.82 Å². The quantitative estimate of drug-likeness (QED) is 0.775. The normalized spacial score (nSPS) is 12.9. The zero-order valence-corrected chi connectivity index (χ0v) is 12.3. The molecule has 0 aliphatic heterocycles. The van der Waals surface area contributed by atoms with Gasteiger partial charge in [0.05, 0.1) is 12.4 Å². The molecule has 3 N–H and O–H groups in total. The average Bonchev–Trinajstić information content (AvgIpc) is 3.05. The largest absolute Gasteiger partial charge is 0.340 e. The minimum Gasteiger partial charge on any atom is -0.340 e. The van der Waals surface area contributed by atoms with Crippen molar-refractivity contribution in [3.8, 4) is 10.4 Å². The molecule has 0 saturated carbocycles. The van der Waals surface area contributed by atoms with Gasteiger partial charge in [0.1, 0.15) is 10.9 Å². The number of quaternary nitrogens is 1. The van der Waals surface area contributed by atoms with Crippen LogP contribution in [0.1, 0.15) is 18.8 Å². The second kappa shape index (κ2) is 4.88. The highest BCUT2D eigenvalue weighted by Crippen LogP contribution is 2.33. The van der Waals surface area contributed by atoms with Gasteiger partial charge in [-0.1, -0.05) is 6.07 Å². The van der Waals surface area contributed by atoms with E-state index in [2.05, 4.69) is 9.97 Å². The fourth-order valence-electron chi connectivity index (χ4n) is 1.95. The Labute approximate surface area is 118 Å². The van der Waals surface area contributed by atoms with E-state index in [4.69, 9.17) is 0 Å². The van der Waals surface area contributed by atoms with Gasteiger partial charge in [0, 0.05) is 15.8 Å². The Morgan fingerprint density at radius 1 is 1.42 bits per heavy atom. The highest BCUT2D eigenvalue weighted by Gasteiger charge is 2.16. The van der Waals surface area contributed by atoms with Crippen LogP contribution in [0.25, 0.3) is 20.7 Å². The number of thiophene rings is 2. The van der Waals surface area contributed by atoms with Crippen molar-refractivity contribution >= 4 is 32.9 Å². The first-order valence-electron chi connectivity index (χ1n) is 6.05. The van der Waals surface area contributed by atoms with E-state index in [1.54, 1.807) is 11.3 Å². The Bertz CT molecular complexity index is 758. The first kappa shape index (κ1) is 12.5. The van der Waals surface area contributed by atoms with E-state index in [0.29, 0.717) is 5.39 Å². The van der Waals surface area contributed by atoms with Gasteiger partial charge in [-0.2, -0.15) is 0 Å². The molecule has 0 aliphatic rings. The lowest BCUT2D eigenvalue weighted by molar-refractivity contribution is -0.667. The molecule has 0 unspecified atom stereocenters. The molecule has 0 fully saturated rings. The van der Waals surface area contributed by atoms with Crippen molar-refractivity contribution in [3.05, 3.63) is 39.1 Å². The molecule has 3 heterocycles. The fourth-order valence-corrected chi connectivity index (χ4v) is 3.72. The summed E-state index contributed by atoms with van der Waals surface area (Å²) < 4.78 is 0. The van der Waals surface area contributed by atoms with Crippen molar-refractivity contribution in [2.75, 3.05) is 7.05 Å². The molecule has 3 rings (SSSR count). The highest BCUT2D eigenvalue weighted by atomic mass is 32.1. The molecule has 6 heteroatoms. The third-order valence-electron chi connectivity index (χ3n) is 3.18. The van der Waals surface area contributed by atoms with Crippen molar-refractivity contribution in [1.29, 1.82) is 0 Å². The number of fused-ring (bicyclic) bond motifs is 1. The monoisotopic (exact) mass is 292 g/mol. The van der Waals surface area contributed by atoms with Crippen LogP contribution < -0.4 is 10.9 Å². The highest BCUT2D eigenvalue weighted by molar-refractivity contribution is 7.18. The summed E-state index contributed by atoms with van der Waals surface area (Å²) in [5.41, 5.74) is 0.946. The fraction of sp³-hybridized carbons (Fsp3) is 0.231. The second-order valence-corrected chi connectivity index (χ2v) is 6.19. The minimum atomic E-state index is -0.0432. The number of nitrogens with zero attached hydrogens (tertiary/aromatic N) is 1. The van der Waals surface area contributed by atoms with E-state index in [9.17, 15) is 4.79 Å². The van der Waals surface area contributed by atoms with E-state index in [0.717, 1.165) is 21.1 Å². The topological polar surface area (TPSA) is 62.4 Å². The van der Waals surface area contributed by atoms with Crippen LogP contribution in [-0.2, 0) is 0 Å². The van der Waals surface area contributed by atoms with E-state index < -0.39 is 0 Å². The Morgan fingerprint density at radius 3 is 2.95 bits per heavy atom. The van der Waals surface area contributed by atoms with Gasteiger partial charge in [0.2, 0.25) is 0 Å². The lowest BCUT2D eigenvalue weighted by Gasteiger charge is -2.05. The second-order valence-electron chi connectivity index (χ2n) is 4.38. The predicted molar refractivity (Wildman–Crippen MR) is 79.8 cm³/mol. The first-order chi connectivity index (χ1) is 9.20. The van der Waals surface area contributed by atoms with Gasteiger partial charge < -0.3 is 10.3 Å². The summed E-state index contributed by atoms with van der Waals surface area (Å²) >= 11 is 3.17. The van der Waals surface area contributed by atoms with Crippen molar-refractivity contribution < 1.29 is 5.32 Å². The van der Waals surface area contributed by atoms with Crippen molar-refractivity contribution in [2.24, 2.45) is 0 Å². The average molecular weight is 292 g/mol. The molecule has 0 spiro atoms. The number of rotatable bonds is 3. The molecule has 0 aromatic carbocycles. The van der Waals surface area contributed by atoms with Crippen LogP contribution in [0.2, 0.25) is 0 Å². The van der Waals surface area contributed by atoms with Gasteiger partial charge in [-0.25, -0.2) is 4.98 Å². The first-order valence-corrected chi connectivity index (χ1v) is 7.81. The van der Waals surface area contributed by atoms with Crippen LogP contribution in [0.5, 0.6) is 0 Å². The van der Waals surface area contributed by atoms with Crippen LogP contribution in [0.3, 0.4) is 0 Å². The van der Waals surface area contributed by atoms with Crippen molar-refractivity contribution in [1.82, 2.24) is 9.97 Å². The molecule has 0 amide bonds. The molecule has 0 aliphatic carbocycles. The molecular weight excluding hydrogens is 278 g/mol. The number of nitrogens with one attached hydrogen (secondary N) is 1. The summed E-state index contributed by atoms with van der Waals surface area (Å²) in [6.07, 6.45) is 0. The maximum absolute atomic E-state index is 12.3. The SMILES string of the molecule is C[NH2+][C@H](C)c1nc2scc(-c3cccs3)c2c(=O)[nH]1. The standard InChI is InChI=1S/C13H13N3OS2/c1-7(14-2)11-15-12(17)10-8(6-19-13(10)16-11)9-4-3-5-18-9/h3-7,14H,1-2H3,(H,15,16,17)/p+1/t7-/m1/s1. The molecule has 0 bridgehead atoms. The predicted octanol–water partition coefficient (Wildman–Crippen LogP) is 1.97. The Morgan fingerprint density at radius 2 is 2.26 bits per heavy atom. The summed E-state index contributed by atoms with van der Waals surface area (Å²) in [7, 11) is 1.97. The Kier molecular flexibility index (Phi) is 3.22. The number of nitrogens with two attached hydrogens (primary N) is 1.